The minimum Gasteiger partial charge on any atom is -0.327 e. The molecule has 17 unspecified atom stereocenters. The van der Waals surface area contributed by atoms with Gasteiger partial charge in [-0.15, -0.1) is 0 Å². The summed E-state index contributed by atoms with van der Waals surface area (Å²) in [6.45, 7) is 0. The molecule has 0 spiro atoms. The Morgan fingerprint density at radius 2 is 0.571 bits per heavy atom. The first-order valence-electron chi connectivity index (χ1n) is 18.1. The van der Waals surface area contributed by atoms with Crippen LogP contribution in [0, 0.1) is 47.3 Å². The van der Waals surface area contributed by atoms with E-state index in [-0.39, 0.29) is 28.7 Å². The van der Waals surface area contributed by atoms with Crippen molar-refractivity contribution >= 4 is 0 Å². The van der Waals surface area contributed by atoms with Crippen LogP contribution in [0.3, 0.4) is 0 Å². The molecule has 9 nitrogen and oxygen atoms in total. The zero-order valence-corrected chi connectivity index (χ0v) is 26.3. The molecule has 5 aliphatic heterocycles. The minimum atomic E-state index is 0. The second-order valence-electron chi connectivity index (χ2n) is 15.8. The maximum atomic E-state index is 6.95. The smallest absolute Gasteiger partial charge is 0.0643 e. The molecule has 0 aromatic carbocycles. The van der Waals surface area contributed by atoms with E-state index in [0.717, 1.165) is 18.3 Å². The van der Waals surface area contributed by atoms with E-state index < -0.39 is 0 Å². The summed E-state index contributed by atoms with van der Waals surface area (Å²) in [6, 6.07) is 0.279. The Morgan fingerprint density at radius 3 is 0.905 bits per heavy atom. The molecule has 9 rings (SSSR count). The van der Waals surface area contributed by atoms with Gasteiger partial charge >= 0.3 is 0 Å². The molecule has 5 saturated heterocycles. The first-order chi connectivity index (χ1) is 20.2. The van der Waals surface area contributed by atoms with Crippen molar-refractivity contribution in [3.8, 4) is 0 Å². The van der Waals surface area contributed by atoms with E-state index in [2.05, 4.69) is 42.5 Å². The first-order valence-corrected chi connectivity index (χ1v) is 18.1. The summed E-state index contributed by atoms with van der Waals surface area (Å²) < 4.78 is 0. The molecule has 5 heterocycles. The Balaban J connectivity index is 0.00000267. The van der Waals surface area contributed by atoms with E-state index >= 15 is 0 Å². The number of hydrogen-bond donors (Lipinski definition) is 9. The predicted octanol–water partition coefficient (Wildman–Crippen LogP) is 1.54. The van der Waals surface area contributed by atoms with Crippen LogP contribution < -0.4 is 48.3 Å². The van der Waals surface area contributed by atoms with E-state index in [1.165, 1.54) is 89.9 Å². The number of nitrogens with two attached hydrogens (primary N) is 1. The van der Waals surface area contributed by atoms with E-state index in [0.29, 0.717) is 78.7 Å². The number of hydrogen-bond acceptors (Lipinski definition) is 9. The van der Waals surface area contributed by atoms with Gasteiger partial charge in [0.1, 0.15) is 0 Å². The van der Waals surface area contributed by atoms with Crippen molar-refractivity contribution < 1.29 is 16.5 Å². The molecule has 4 saturated carbocycles. The van der Waals surface area contributed by atoms with Crippen molar-refractivity contribution in [1.29, 1.82) is 0 Å². The standard InChI is InChI=1S/C32H57N9.Ni/c33-23-15-7-14-22-24(23)32-40-30-21-13-6-5-12-20(21)28(38-30)36-26-17-9-2-1-8-16(17)25(34-26)35-27-18-10-3-4-11-19(18)29(37-27)39-31(22)41-32;/h16-32,34-41H,1-15,33H2;. The van der Waals surface area contributed by atoms with Crippen LogP contribution in [-0.4, -0.2) is 55.4 Å². The molecular weight excluding hydrogens is 569 g/mol. The summed E-state index contributed by atoms with van der Waals surface area (Å²) in [4.78, 5) is 0. The number of fused-ring (bicyclic) bond motifs is 20. The van der Waals surface area contributed by atoms with Gasteiger partial charge in [0.15, 0.2) is 0 Å². The van der Waals surface area contributed by atoms with Gasteiger partial charge in [-0.25, -0.2) is 0 Å². The molecule has 240 valence electrons. The third-order valence-electron chi connectivity index (χ3n) is 13.9. The van der Waals surface area contributed by atoms with Gasteiger partial charge in [-0.1, -0.05) is 44.9 Å². The number of rotatable bonds is 0. The van der Waals surface area contributed by atoms with Gasteiger partial charge in [0.2, 0.25) is 0 Å². The first kappa shape index (κ1) is 29.5. The summed E-state index contributed by atoms with van der Waals surface area (Å²) in [5.41, 5.74) is 6.95. The van der Waals surface area contributed by atoms with Crippen molar-refractivity contribution in [3.63, 3.8) is 0 Å². The van der Waals surface area contributed by atoms with Crippen LogP contribution in [0.4, 0.5) is 0 Å². The third-order valence-corrected chi connectivity index (χ3v) is 13.9. The molecule has 0 aromatic rings. The van der Waals surface area contributed by atoms with Gasteiger partial charge in [0.25, 0.3) is 0 Å². The molecule has 0 aromatic heterocycles. The van der Waals surface area contributed by atoms with Crippen molar-refractivity contribution in [2.45, 2.75) is 152 Å². The van der Waals surface area contributed by atoms with Crippen molar-refractivity contribution in [1.82, 2.24) is 42.5 Å². The third kappa shape index (κ3) is 4.98. The van der Waals surface area contributed by atoms with Gasteiger partial charge < -0.3 is 5.73 Å². The summed E-state index contributed by atoms with van der Waals surface area (Å²) >= 11 is 0. The molecule has 0 radical (unpaired) electrons. The van der Waals surface area contributed by atoms with E-state index in [9.17, 15) is 0 Å². The van der Waals surface area contributed by atoms with Gasteiger partial charge in [-0.3, -0.25) is 42.5 Å². The molecule has 10 N–H and O–H groups in total. The van der Waals surface area contributed by atoms with Crippen LogP contribution in [0.2, 0.25) is 0 Å². The van der Waals surface area contributed by atoms with Crippen LogP contribution in [0.1, 0.15) is 96.3 Å². The molecule has 9 fully saturated rings. The quantitative estimate of drug-likeness (QED) is 0.185. The average molecular weight is 627 g/mol. The van der Waals surface area contributed by atoms with Crippen molar-refractivity contribution in [3.05, 3.63) is 0 Å². The Hall–Kier alpha value is 0.134. The van der Waals surface area contributed by atoms with Crippen LogP contribution in [-0.2, 0) is 16.5 Å². The normalized spacial score (nSPS) is 56.9. The topological polar surface area (TPSA) is 122 Å². The van der Waals surface area contributed by atoms with Gasteiger partial charge in [-0.05, 0) is 92.8 Å². The summed E-state index contributed by atoms with van der Waals surface area (Å²) in [7, 11) is 0. The van der Waals surface area contributed by atoms with Crippen molar-refractivity contribution in [2.24, 2.45) is 53.1 Å². The second-order valence-corrected chi connectivity index (χ2v) is 15.8. The fourth-order valence-corrected chi connectivity index (χ4v) is 12.1. The Labute approximate surface area is 263 Å². The van der Waals surface area contributed by atoms with Gasteiger partial charge in [0, 0.05) is 28.5 Å². The zero-order valence-electron chi connectivity index (χ0n) is 25.3. The predicted molar refractivity (Wildman–Crippen MR) is 161 cm³/mol. The van der Waals surface area contributed by atoms with E-state index in [1.807, 2.05) is 0 Å². The van der Waals surface area contributed by atoms with Crippen molar-refractivity contribution in [2.75, 3.05) is 0 Å². The van der Waals surface area contributed by atoms with Gasteiger partial charge in [-0.2, -0.15) is 0 Å². The van der Waals surface area contributed by atoms with E-state index in [1.54, 1.807) is 0 Å². The fourth-order valence-electron chi connectivity index (χ4n) is 12.1. The van der Waals surface area contributed by atoms with Crippen LogP contribution in [0.25, 0.3) is 0 Å². The Kier molecular flexibility index (Phi) is 8.48. The molecule has 10 heteroatoms. The second kappa shape index (κ2) is 12.1. The minimum absolute atomic E-state index is 0. The molecule has 8 bridgehead atoms. The molecule has 9 aliphatic rings. The molecule has 0 amide bonds. The molecule has 42 heavy (non-hydrogen) atoms. The van der Waals surface area contributed by atoms with Crippen LogP contribution in [0.15, 0.2) is 0 Å². The maximum Gasteiger partial charge on any atom is 0.0643 e. The Bertz CT molecular complexity index is 955. The average Bonchev–Trinajstić information content (AvgIpc) is 3.73. The Morgan fingerprint density at radius 1 is 0.310 bits per heavy atom. The fraction of sp³-hybridized carbons (Fsp3) is 1.00. The SMILES string of the molecule is NC1CCCC2C3NC4NC(NC5NC(NC6NC(NC(N3)C12)C1CCCCC61)C1CCCCC51)C1CCCCC41.[Ni]. The number of nitrogens with one attached hydrogen (secondary N) is 8. The van der Waals surface area contributed by atoms with Gasteiger partial charge in [0.05, 0.1) is 49.3 Å². The summed E-state index contributed by atoms with van der Waals surface area (Å²) in [6.07, 6.45) is 23.0. The summed E-state index contributed by atoms with van der Waals surface area (Å²) in [5, 5.41) is 33.6. The monoisotopic (exact) mass is 625 g/mol. The largest absolute Gasteiger partial charge is 0.327 e. The summed E-state index contributed by atoms with van der Waals surface area (Å²) in [5.74, 6) is 5.37. The zero-order chi connectivity index (χ0) is 27.1. The molecular formula is C32H57N9Ni. The van der Waals surface area contributed by atoms with Crippen LogP contribution >= 0.6 is 0 Å². The molecule has 17 atom stereocenters. The van der Waals surface area contributed by atoms with Crippen LogP contribution in [0.5, 0.6) is 0 Å². The maximum absolute atomic E-state index is 6.95. The molecule has 4 aliphatic carbocycles. The van der Waals surface area contributed by atoms with E-state index in [4.69, 9.17) is 5.73 Å².